The van der Waals surface area contributed by atoms with Crippen molar-refractivity contribution < 1.29 is 0 Å². The van der Waals surface area contributed by atoms with Crippen LogP contribution in [0.15, 0.2) is 0 Å². The number of nitrogens with one attached hydrogen (secondary N) is 1. The summed E-state index contributed by atoms with van der Waals surface area (Å²) >= 11 is 0. The van der Waals surface area contributed by atoms with Crippen LogP contribution in [0.1, 0.15) is 33.6 Å². The van der Waals surface area contributed by atoms with Gasteiger partial charge in [0, 0.05) is 0 Å². The van der Waals surface area contributed by atoms with Crippen LogP contribution in [-0.2, 0) is 0 Å². The van der Waals surface area contributed by atoms with Crippen LogP contribution in [0.25, 0.3) is 0 Å². The van der Waals surface area contributed by atoms with Gasteiger partial charge in [-0.05, 0) is 31.8 Å². The first-order chi connectivity index (χ1) is 4.72. The molecular weight excluding hydrogens is 122 g/mol. The molecule has 0 bridgehead atoms. The highest BCUT2D eigenvalue weighted by atomic mass is 14.8. The third-order valence-electron chi connectivity index (χ3n) is 2.47. The molecule has 0 aliphatic rings. The van der Waals surface area contributed by atoms with Gasteiger partial charge < -0.3 is 5.32 Å². The van der Waals surface area contributed by atoms with Gasteiger partial charge in [0.15, 0.2) is 0 Å². The van der Waals surface area contributed by atoms with E-state index in [-0.39, 0.29) is 0 Å². The molecule has 0 aromatic rings. The van der Waals surface area contributed by atoms with Crippen molar-refractivity contribution >= 4 is 0 Å². The van der Waals surface area contributed by atoms with Crippen LogP contribution in [-0.4, -0.2) is 13.6 Å². The molecule has 0 saturated carbocycles. The zero-order chi connectivity index (χ0) is 7.98. The molecular formula is C9H21N. The molecule has 0 heterocycles. The van der Waals surface area contributed by atoms with E-state index in [1.54, 1.807) is 0 Å². The highest BCUT2D eigenvalue weighted by Crippen LogP contribution is 2.16. The van der Waals surface area contributed by atoms with E-state index in [2.05, 4.69) is 26.1 Å². The fourth-order valence-electron chi connectivity index (χ4n) is 1.06. The first-order valence-electron chi connectivity index (χ1n) is 4.37. The molecule has 0 radical (unpaired) electrons. The van der Waals surface area contributed by atoms with Crippen molar-refractivity contribution in [1.82, 2.24) is 5.32 Å². The highest BCUT2D eigenvalue weighted by Gasteiger charge is 2.08. The van der Waals surface area contributed by atoms with Gasteiger partial charge in [-0.25, -0.2) is 0 Å². The molecule has 0 amide bonds. The first kappa shape index (κ1) is 9.96. The maximum Gasteiger partial charge on any atom is -0.00493 e. The molecule has 0 saturated heterocycles. The smallest absolute Gasteiger partial charge is 0.00493 e. The number of hydrogen-bond acceptors (Lipinski definition) is 1. The molecule has 0 aliphatic heterocycles. The molecule has 0 aromatic carbocycles. The fraction of sp³-hybridized carbons (Fsp3) is 1.00. The topological polar surface area (TPSA) is 12.0 Å². The SMILES string of the molecule is CC[C@@H](C)[C@@H](C)CCNC. The lowest BCUT2D eigenvalue weighted by Crippen LogP contribution is -2.15. The molecule has 0 spiro atoms. The summed E-state index contributed by atoms with van der Waals surface area (Å²) in [4.78, 5) is 0. The second-order valence-corrected chi connectivity index (χ2v) is 3.26. The van der Waals surface area contributed by atoms with Gasteiger partial charge in [0.25, 0.3) is 0 Å². The van der Waals surface area contributed by atoms with Crippen LogP contribution in [0.5, 0.6) is 0 Å². The van der Waals surface area contributed by atoms with Crippen LogP contribution < -0.4 is 5.32 Å². The summed E-state index contributed by atoms with van der Waals surface area (Å²) in [6.45, 7) is 8.10. The van der Waals surface area contributed by atoms with Crippen molar-refractivity contribution in [3.63, 3.8) is 0 Å². The Morgan fingerprint density at radius 2 is 1.80 bits per heavy atom. The van der Waals surface area contributed by atoms with E-state index in [0.29, 0.717) is 0 Å². The van der Waals surface area contributed by atoms with E-state index in [0.717, 1.165) is 18.4 Å². The summed E-state index contributed by atoms with van der Waals surface area (Å²) in [6, 6.07) is 0. The van der Waals surface area contributed by atoms with Gasteiger partial charge in [-0.3, -0.25) is 0 Å². The summed E-state index contributed by atoms with van der Waals surface area (Å²) in [5.74, 6) is 1.76. The Morgan fingerprint density at radius 1 is 1.20 bits per heavy atom. The van der Waals surface area contributed by atoms with E-state index in [9.17, 15) is 0 Å². The van der Waals surface area contributed by atoms with E-state index in [4.69, 9.17) is 0 Å². The van der Waals surface area contributed by atoms with Crippen molar-refractivity contribution in [2.75, 3.05) is 13.6 Å². The highest BCUT2D eigenvalue weighted by molar-refractivity contribution is 4.60. The standard InChI is InChI=1S/C9H21N/c1-5-8(2)9(3)6-7-10-4/h8-10H,5-7H2,1-4H3/t8-,9+/m1/s1. The lowest BCUT2D eigenvalue weighted by Gasteiger charge is -2.17. The van der Waals surface area contributed by atoms with Gasteiger partial charge in [-0.15, -0.1) is 0 Å². The van der Waals surface area contributed by atoms with Gasteiger partial charge in [-0.1, -0.05) is 27.2 Å². The van der Waals surface area contributed by atoms with Crippen LogP contribution in [0.4, 0.5) is 0 Å². The molecule has 1 heteroatoms. The van der Waals surface area contributed by atoms with Gasteiger partial charge in [0.2, 0.25) is 0 Å². The minimum absolute atomic E-state index is 0.873. The second-order valence-electron chi connectivity index (χ2n) is 3.26. The Kier molecular flexibility index (Phi) is 5.70. The normalized spacial score (nSPS) is 16.8. The zero-order valence-electron chi connectivity index (χ0n) is 7.78. The van der Waals surface area contributed by atoms with Crippen molar-refractivity contribution in [2.45, 2.75) is 33.6 Å². The molecule has 0 fully saturated rings. The first-order valence-corrected chi connectivity index (χ1v) is 4.37. The molecule has 2 atom stereocenters. The van der Waals surface area contributed by atoms with Gasteiger partial charge in [0.1, 0.15) is 0 Å². The molecule has 10 heavy (non-hydrogen) atoms. The zero-order valence-corrected chi connectivity index (χ0v) is 7.78. The maximum absolute atomic E-state index is 3.18. The second kappa shape index (κ2) is 5.72. The fourth-order valence-corrected chi connectivity index (χ4v) is 1.06. The molecule has 0 rings (SSSR count). The van der Waals surface area contributed by atoms with Crippen molar-refractivity contribution in [3.05, 3.63) is 0 Å². The predicted molar refractivity (Wildman–Crippen MR) is 47.2 cm³/mol. The Balaban J connectivity index is 3.31. The third-order valence-corrected chi connectivity index (χ3v) is 2.47. The monoisotopic (exact) mass is 143 g/mol. The van der Waals surface area contributed by atoms with Crippen LogP contribution >= 0.6 is 0 Å². The lowest BCUT2D eigenvalue weighted by atomic mass is 9.91. The van der Waals surface area contributed by atoms with Gasteiger partial charge >= 0.3 is 0 Å². The summed E-state index contributed by atoms with van der Waals surface area (Å²) in [7, 11) is 2.02. The summed E-state index contributed by atoms with van der Waals surface area (Å²) in [5.41, 5.74) is 0. The average Bonchev–Trinajstić information content (AvgIpc) is 1.98. The molecule has 0 aliphatic carbocycles. The maximum atomic E-state index is 3.18. The Labute approximate surface area is 65.2 Å². The molecule has 62 valence electrons. The summed E-state index contributed by atoms with van der Waals surface area (Å²) in [5, 5.41) is 3.18. The predicted octanol–water partition coefficient (Wildman–Crippen LogP) is 2.28. The van der Waals surface area contributed by atoms with Gasteiger partial charge in [0.05, 0.1) is 0 Å². The number of hydrogen-bond donors (Lipinski definition) is 1. The van der Waals surface area contributed by atoms with Crippen molar-refractivity contribution in [1.29, 1.82) is 0 Å². The van der Waals surface area contributed by atoms with Gasteiger partial charge in [-0.2, -0.15) is 0 Å². The summed E-state index contributed by atoms with van der Waals surface area (Å²) in [6.07, 6.45) is 2.62. The van der Waals surface area contributed by atoms with E-state index < -0.39 is 0 Å². The molecule has 0 unspecified atom stereocenters. The van der Waals surface area contributed by atoms with E-state index in [1.165, 1.54) is 12.8 Å². The molecule has 0 aromatic heterocycles. The largest absolute Gasteiger partial charge is 0.320 e. The Morgan fingerprint density at radius 3 is 2.20 bits per heavy atom. The Bertz CT molecular complexity index is 71.1. The average molecular weight is 143 g/mol. The number of rotatable bonds is 5. The van der Waals surface area contributed by atoms with Crippen LogP contribution in [0.3, 0.4) is 0 Å². The van der Waals surface area contributed by atoms with Crippen LogP contribution in [0, 0.1) is 11.8 Å². The molecule has 1 nitrogen and oxygen atoms in total. The van der Waals surface area contributed by atoms with E-state index >= 15 is 0 Å². The minimum atomic E-state index is 0.873. The minimum Gasteiger partial charge on any atom is -0.320 e. The van der Waals surface area contributed by atoms with Crippen LogP contribution in [0.2, 0.25) is 0 Å². The Hall–Kier alpha value is -0.0400. The van der Waals surface area contributed by atoms with Crippen molar-refractivity contribution in [3.8, 4) is 0 Å². The third kappa shape index (κ3) is 3.89. The van der Waals surface area contributed by atoms with Crippen molar-refractivity contribution in [2.24, 2.45) is 11.8 Å². The summed E-state index contributed by atoms with van der Waals surface area (Å²) < 4.78 is 0. The lowest BCUT2D eigenvalue weighted by molar-refractivity contribution is 0.352. The van der Waals surface area contributed by atoms with E-state index in [1.807, 2.05) is 7.05 Å². The quantitative estimate of drug-likeness (QED) is 0.622. The molecule has 1 N–H and O–H groups in total.